The lowest BCUT2D eigenvalue weighted by molar-refractivity contribution is 0.306. The van der Waals surface area contributed by atoms with Crippen LogP contribution in [-0.4, -0.2) is 11.6 Å². The average Bonchev–Trinajstić information content (AvgIpc) is 2.64. The molecular weight excluding hydrogens is 294 g/mol. The summed E-state index contributed by atoms with van der Waals surface area (Å²) in [7, 11) is 0. The second-order valence-electron chi connectivity index (χ2n) is 6.46. The van der Waals surface area contributed by atoms with Crippen molar-refractivity contribution >= 4 is 0 Å². The summed E-state index contributed by atoms with van der Waals surface area (Å²) < 4.78 is 5.76. The van der Waals surface area contributed by atoms with Gasteiger partial charge in [0.25, 0.3) is 0 Å². The van der Waals surface area contributed by atoms with Crippen molar-refractivity contribution in [2.75, 3.05) is 6.61 Å². The number of aromatic nitrogens is 1. The van der Waals surface area contributed by atoms with Gasteiger partial charge in [-0.2, -0.15) is 0 Å². The Morgan fingerprint density at radius 1 is 0.750 bits per heavy atom. The topological polar surface area (TPSA) is 22.1 Å². The van der Waals surface area contributed by atoms with Crippen molar-refractivity contribution in [3.8, 4) is 5.75 Å². The van der Waals surface area contributed by atoms with E-state index in [1.807, 2.05) is 6.20 Å². The number of hydrogen-bond donors (Lipinski definition) is 0. The fourth-order valence-corrected chi connectivity index (χ4v) is 2.69. The first-order valence-corrected chi connectivity index (χ1v) is 9.47. The Bertz CT molecular complexity index is 560. The molecule has 0 aliphatic rings. The number of hydrogen-bond acceptors (Lipinski definition) is 2. The van der Waals surface area contributed by atoms with Gasteiger partial charge >= 0.3 is 0 Å². The Kier molecular flexibility index (Phi) is 8.37. The molecule has 0 aliphatic carbocycles. The SMILES string of the molecule is CCCCCOc1ccc(CCc2ccc(CCCC)nc2)cc1. The smallest absolute Gasteiger partial charge is 0.119 e. The molecule has 0 fully saturated rings. The largest absolute Gasteiger partial charge is 0.494 e. The molecule has 2 aromatic rings. The van der Waals surface area contributed by atoms with Crippen LogP contribution in [0, 0.1) is 0 Å². The van der Waals surface area contributed by atoms with Crippen LogP contribution in [0.5, 0.6) is 5.75 Å². The number of ether oxygens (including phenoxy) is 1. The van der Waals surface area contributed by atoms with Crippen LogP contribution in [0.1, 0.15) is 62.8 Å². The Labute approximate surface area is 147 Å². The molecule has 2 nitrogen and oxygen atoms in total. The van der Waals surface area contributed by atoms with Crippen molar-refractivity contribution in [1.29, 1.82) is 0 Å². The van der Waals surface area contributed by atoms with Crippen molar-refractivity contribution in [3.05, 3.63) is 59.4 Å². The minimum Gasteiger partial charge on any atom is -0.494 e. The van der Waals surface area contributed by atoms with E-state index in [0.29, 0.717) is 0 Å². The second kappa shape index (κ2) is 10.9. The van der Waals surface area contributed by atoms with E-state index in [0.717, 1.165) is 38.0 Å². The highest BCUT2D eigenvalue weighted by Gasteiger charge is 2.00. The van der Waals surface area contributed by atoms with Gasteiger partial charge in [0.1, 0.15) is 5.75 Å². The zero-order valence-corrected chi connectivity index (χ0v) is 15.3. The number of benzene rings is 1. The maximum Gasteiger partial charge on any atom is 0.119 e. The molecule has 0 bridgehead atoms. The molecule has 0 spiro atoms. The standard InChI is InChI=1S/C22H31NO/c1-3-5-7-17-24-22-15-12-19(13-16-22)9-10-20-11-14-21(23-18-20)8-6-4-2/h11-16,18H,3-10,17H2,1-2H3. The van der Waals surface area contributed by atoms with E-state index in [4.69, 9.17) is 4.74 Å². The quantitative estimate of drug-likeness (QED) is 0.489. The molecule has 2 rings (SSSR count). The molecule has 0 unspecified atom stereocenters. The number of nitrogens with zero attached hydrogens (tertiary/aromatic N) is 1. The Balaban J connectivity index is 1.75. The lowest BCUT2D eigenvalue weighted by Crippen LogP contribution is -1.98. The molecule has 1 heterocycles. The van der Waals surface area contributed by atoms with Gasteiger partial charge in [0.05, 0.1) is 6.61 Å². The molecular formula is C22H31NO. The minimum atomic E-state index is 0.823. The predicted molar refractivity (Wildman–Crippen MR) is 102 cm³/mol. The maximum absolute atomic E-state index is 5.76. The third kappa shape index (κ3) is 6.74. The fraction of sp³-hybridized carbons (Fsp3) is 0.500. The molecule has 0 amide bonds. The Hall–Kier alpha value is -1.83. The van der Waals surface area contributed by atoms with Crippen LogP contribution in [0.4, 0.5) is 0 Å². The van der Waals surface area contributed by atoms with Gasteiger partial charge in [-0.15, -0.1) is 0 Å². The van der Waals surface area contributed by atoms with Crippen LogP contribution < -0.4 is 4.74 Å². The summed E-state index contributed by atoms with van der Waals surface area (Å²) in [6, 6.07) is 12.9. The number of pyridine rings is 1. The van der Waals surface area contributed by atoms with Crippen molar-refractivity contribution in [2.45, 2.75) is 65.2 Å². The average molecular weight is 325 g/mol. The predicted octanol–water partition coefficient (Wildman–Crippen LogP) is 5.78. The van der Waals surface area contributed by atoms with Gasteiger partial charge in [-0.05, 0) is 61.4 Å². The van der Waals surface area contributed by atoms with Gasteiger partial charge in [0.15, 0.2) is 0 Å². The highest BCUT2D eigenvalue weighted by atomic mass is 16.5. The normalized spacial score (nSPS) is 10.8. The van der Waals surface area contributed by atoms with Crippen LogP contribution in [0.2, 0.25) is 0 Å². The first-order valence-electron chi connectivity index (χ1n) is 9.47. The van der Waals surface area contributed by atoms with Gasteiger partial charge in [-0.1, -0.05) is 51.3 Å². The summed E-state index contributed by atoms with van der Waals surface area (Å²) in [5, 5.41) is 0. The van der Waals surface area contributed by atoms with E-state index in [2.05, 4.69) is 55.2 Å². The Morgan fingerprint density at radius 3 is 2.12 bits per heavy atom. The van der Waals surface area contributed by atoms with Crippen LogP contribution in [0.25, 0.3) is 0 Å². The van der Waals surface area contributed by atoms with Gasteiger partial charge in [0.2, 0.25) is 0 Å². The molecule has 0 saturated heterocycles. The molecule has 2 heteroatoms. The summed E-state index contributed by atoms with van der Waals surface area (Å²) >= 11 is 0. The number of unbranched alkanes of at least 4 members (excludes halogenated alkanes) is 3. The van der Waals surface area contributed by atoms with E-state index in [1.54, 1.807) is 0 Å². The van der Waals surface area contributed by atoms with Gasteiger partial charge < -0.3 is 4.74 Å². The van der Waals surface area contributed by atoms with Crippen LogP contribution in [0.15, 0.2) is 42.6 Å². The molecule has 0 saturated carbocycles. The van der Waals surface area contributed by atoms with Gasteiger partial charge in [-0.25, -0.2) is 0 Å². The van der Waals surface area contributed by atoms with Crippen LogP contribution >= 0.6 is 0 Å². The maximum atomic E-state index is 5.76. The Morgan fingerprint density at radius 2 is 1.46 bits per heavy atom. The van der Waals surface area contributed by atoms with E-state index in [1.165, 1.54) is 42.5 Å². The van der Waals surface area contributed by atoms with Crippen LogP contribution in [0.3, 0.4) is 0 Å². The second-order valence-corrected chi connectivity index (χ2v) is 6.46. The third-order valence-corrected chi connectivity index (χ3v) is 4.31. The molecule has 1 aromatic carbocycles. The number of aryl methyl sites for hydroxylation is 3. The zero-order valence-electron chi connectivity index (χ0n) is 15.3. The first-order chi connectivity index (χ1) is 11.8. The van der Waals surface area contributed by atoms with E-state index < -0.39 is 0 Å². The van der Waals surface area contributed by atoms with E-state index in [9.17, 15) is 0 Å². The molecule has 1 aromatic heterocycles. The summed E-state index contributed by atoms with van der Waals surface area (Å²) in [5.74, 6) is 0.983. The lowest BCUT2D eigenvalue weighted by Gasteiger charge is -2.07. The summed E-state index contributed by atoms with van der Waals surface area (Å²) in [5.41, 5.74) is 3.88. The van der Waals surface area contributed by atoms with Gasteiger partial charge in [0, 0.05) is 11.9 Å². The summed E-state index contributed by atoms with van der Waals surface area (Å²) in [6.45, 7) is 5.25. The lowest BCUT2D eigenvalue weighted by atomic mass is 10.0. The molecule has 0 radical (unpaired) electrons. The zero-order chi connectivity index (χ0) is 17.0. The molecule has 0 N–H and O–H groups in total. The van der Waals surface area contributed by atoms with Crippen molar-refractivity contribution in [1.82, 2.24) is 4.98 Å². The highest BCUT2D eigenvalue weighted by molar-refractivity contribution is 5.28. The van der Waals surface area contributed by atoms with Crippen molar-refractivity contribution < 1.29 is 4.74 Å². The highest BCUT2D eigenvalue weighted by Crippen LogP contribution is 2.15. The summed E-state index contributed by atoms with van der Waals surface area (Å²) in [4.78, 5) is 4.57. The van der Waals surface area contributed by atoms with E-state index >= 15 is 0 Å². The van der Waals surface area contributed by atoms with Crippen molar-refractivity contribution in [3.63, 3.8) is 0 Å². The monoisotopic (exact) mass is 325 g/mol. The fourth-order valence-electron chi connectivity index (χ4n) is 2.69. The third-order valence-electron chi connectivity index (χ3n) is 4.31. The summed E-state index contributed by atoms with van der Waals surface area (Å²) in [6.07, 6.45) is 11.3. The first kappa shape index (κ1) is 18.5. The molecule has 130 valence electrons. The van der Waals surface area contributed by atoms with Crippen molar-refractivity contribution in [2.24, 2.45) is 0 Å². The van der Waals surface area contributed by atoms with Crippen LogP contribution in [-0.2, 0) is 19.3 Å². The molecule has 0 aliphatic heterocycles. The minimum absolute atomic E-state index is 0.823. The van der Waals surface area contributed by atoms with E-state index in [-0.39, 0.29) is 0 Å². The molecule has 24 heavy (non-hydrogen) atoms. The number of rotatable bonds is 11. The van der Waals surface area contributed by atoms with Gasteiger partial charge in [-0.3, -0.25) is 4.98 Å². The molecule has 0 atom stereocenters.